The van der Waals surface area contributed by atoms with Gasteiger partial charge in [-0.3, -0.25) is 4.98 Å². The highest BCUT2D eigenvalue weighted by Crippen LogP contribution is 2.15. The second-order valence-electron chi connectivity index (χ2n) is 3.51. The van der Waals surface area contributed by atoms with Gasteiger partial charge >= 0.3 is 0 Å². The molecule has 0 spiro atoms. The number of aromatic nitrogens is 1. The van der Waals surface area contributed by atoms with Gasteiger partial charge in [0.25, 0.3) is 0 Å². The third-order valence-corrected chi connectivity index (χ3v) is 2.62. The first kappa shape index (κ1) is 10.4. The number of pyridine rings is 1. The molecule has 15 heavy (non-hydrogen) atoms. The average Bonchev–Trinajstić information content (AvgIpc) is 2.29. The second-order valence-corrected chi connectivity index (χ2v) is 4.13. The predicted molar refractivity (Wildman–Crippen MR) is 62.2 cm³/mol. The normalized spacial score (nSPS) is 12.9. The van der Waals surface area contributed by atoms with Gasteiger partial charge in [-0.05, 0) is 30.2 Å². The van der Waals surface area contributed by atoms with Gasteiger partial charge in [0.15, 0.2) is 0 Å². The molecule has 2 aromatic rings. The molecular weight excluding hydrogens is 210 g/mol. The number of aliphatic hydroxyl groups is 1. The third kappa shape index (κ3) is 2.46. The summed E-state index contributed by atoms with van der Waals surface area (Å²) in [6.07, 6.45) is 2.46. The molecule has 0 fully saturated rings. The molecular formula is C12H12ClNO. The van der Waals surface area contributed by atoms with E-state index >= 15 is 0 Å². The van der Waals surface area contributed by atoms with Crippen LogP contribution in [0.5, 0.6) is 0 Å². The number of alkyl halides is 1. The van der Waals surface area contributed by atoms with Gasteiger partial charge in [0.1, 0.15) is 0 Å². The zero-order valence-electron chi connectivity index (χ0n) is 8.23. The Balaban J connectivity index is 2.30. The van der Waals surface area contributed by atoms with Crippen molar-refractivity contribution in [3.05, 3.63) is 42.1 Å². The standard InChI is InChI=1S/C12H12ClNO/c13-11(8-15)7-9-3-4-12-10(6-9)2-1-5-14-12/h1-6,11,15H,7-8H2. The molecule has 0 aliphatic rings. The smallest absolute Gasteiger partial charge is 0.0702 e. The number of halogens is 1. The highest BCUT2D eigenvalue weighted by molar-refractivity contribution is 6.20. The van der Waals surface area contributed by atoms with Crippen molar-refractivity contribution < 1.29 is 5.11 Å². The number of benzene rings is 1. The van der Waals surface area contributed by atoms with E-state index in [0.29, 0.717) is 6.42 Å². The van der Waals surface area contributed by atoms with Crippen LogP contribution in [-0.4, -0.2) is 22.1 Å². The van der Waals surface area contributed by atoms with Gasteiger partial charge in [-0.25, -0.2) is 0 Å². The Hall–Kier alpha value is -1.12. The zero-order valence-corrected chi connectivity index (χ0v) is 8.98. The minimum absolute atomic E-state index is 0.00658. The van der Waals surface area contributed by atoms with Crippen LogP contribution < -0.4 is 0 Å². The number of aliphatic hydroxyl groups excluding tert-OH is 1. The van der Waals surface area contributed by atoms with Crippen LogP contribution in [0.15, 0.2) is 36.5 Å². The maximum absolute atomic E-state index is 8.87. The molecule has 1 unspecified atom stereocenters. The van der Waals surface area contributed by atoms with Gasteiger partial charge in [0.05, 0.1) is 17.5 Å². The predicted octanol–water partition coefficient (Wildman–Crippen LogP) is 2.38. The van der Waals surface area contributed by atoms with E-state index in [1.54, 1.807) is 6.20 Å². The third-order valence-electron chi connectivity index (χ3n) is 2.32. The van der Waals surface area contributed by atoms with Crippen molar-refractivity contribution in [2.24, 2.45) is 0 Å². The van der Waals surface area contributed by atoms with E-state index in [4.69, 9.17) is 16.7 Å². The summed E-state index contributed by atoms with van der Waals surface area (Å²) in [5, 5.41) is 9.76. The molecule has 1 N–H and O–H groups in total. The Morgan fingerprint density at radius 2 is 2.20 bits per heavy atom. The fraction of sp³-hybridized carbons (Fsp3) is 0.250. The van der Waals surface area contributed by atoms with Crippen LogP contribution in [0.25, 0.3) is 10.9 Å². The molecule has 2 nitrogen and oxygen atoms in total. The van der Waals surface area contributed by atoms with Gasteiger partial charge < -0.3 is 5.11 Å². The summed E-state index contributed by atoms with van der Waals surface area (Å²) in [5.41, 5.74) is 2.11. The topological polar surface area (TPSA) is 33.1 Å². The lowest BCUT2D eigenvalue weighted by atomic mass is 10.1. The van der Waals surface area contributed by atoms with Crippen LogP contribution >= 0.6 is 11.6 Å². The largest absolute Gasteiger partial charge is 0.395 e. The van der Waals surface area contributed by atoms with Gasteiger partial charge in [-0.15, -0.1) is 11.6 Å². The fourth-order valence-electron chi connectivity index (χ4n) is 1.57. The molecule has 0 aliphatic heterocycles. The molecule has 1 heterocycles. The molecule has 1 aromatic carbocycles. The Bertz CT molecular complexity index is 458. The summed E-state index contributed by atoms with van der Waals surface area (Å²) in [6.45, 7) is 0.00658. The molecule has 2 rings (SSSR count). The first-order valence-corrected chi connectivity index (χ1v) is 5.32. The van der Waals surface area contributed by atoms with Crippen molar-refractivity contribution in [3.63, 3.8) is 0 Å². The second kappa shape index (κ2) is 4.60. The van der Waals surface area contributed by atoms with Crippen molar-refractivity contribution in [1.29, 1.82) is 0 Å². The Morgan fingerprint density at radius 1 is 1.33 bits per heavy atom. The molecule has 0 aliphatic carbocycles. The van der Waals surface area contributed by atoms with E-state index in [2.05, 4.69) is 11.1 Å². The number of nitrogens with zero attached hydrogens (tertiary/aromatic N) is 1. The van der Waals surface area contributed by atoms with Crippen molar-refractivity contribution in [2.45, 2.75) is 11.8 Å². The van der Waals surface area contributed by atoms with Crippen molar-refractivity contribution in [1.82, 2.24) is 4.98 Å². The number of hydrogen-bond acceptors (Lipinski definition) is 2. The molecule has 1 aromatic heterocycles. The van der Waals surface area contributed by atoms with Crippen molar-refractivity contribution in [2.75, 3.05) is 6.61 Å². The highest BCUT2D eigenvalue weighted by Gasteiger charge is 2.04. The lowest BCUT2D eigenvalue weighted by Gasteiger charge is -2.06. The lowest BCUT2D eigenvalue weighted by Crippen LogP contribution is -2.08. The zero-order chi connectivity index (χ0) is 10.7. The summed E-state index contributed by atoms with van der Waals surface area (Å²) >= 11 is 5.89. The molecule has 0 saturated carbocycles. The van der Waals surface area contributed by atoms with Crippen LogP contribution in [0.3, 0.4) is 0 Å². The summed E-state index contributed by atoms with van der Waals surface area (Å²) in [6, 6.07) is 9.98. The number of hydrogen-bond donors (Lipinski definition) is 1. The van der Waals surface area contributed by atoms with Crippen LogP contribution in [0.1, 0.15) is 5.56 Å². The van der Waals surface area contributed by atoms with Crippen LogP contribution in [0.4, 0.5) is 0 Å². The lowest BCUT2D eigenvalue weighted by molar-refractivity contribution is 0.292. The van der Waals surface area contributed by atoms with E-state index in [-0.39, 0.29) is 12.0 Å². The first-order valence-electron chi connectivity index (χ1n) is 4.88. The fourth-order valence-corrected chi connectivity index (χ4v) is 1.75. The van der Waals surface area contributed by atoms with Crippen molar-refractivity contribution in [3.8, 4) is 0 Å². The van der Waals surface area contributed by atoms with Crippen molar-refractivity contribution >= 4 is 22.5 Å². The summed E-state index contributed by atoms with van der Waals surface area (Å²) in [7, 11) is 0. The molecule has 78 valence electrons. The maximum Gasteiger partial charge on any atom is 0.0702 e. The van der Waals surface area contributed by atoms with E-state index in [0.717, 1.165) is 16.5 Å². The Labute approximate surface area is 93.5 Å². The quantitative estimate of drug-likeness (QED) is 0.808. The summed E-state index contributed by atoms with van der Waals surface area (Å²) in [4.78, 5) is 4.24. The maximum atomic E-state index is 8.87. The molecule has 0 saturated heterocycles. The van der Waals surface area contributed by atoms with Crippen LogP contribution in [0.2, 0.25) is 0 Å². The SMILES string of the molecule is OCC(Cl)Cc1ccc2ncccc2c1. The van der Waals surface area contributed by atoms with Gasteiger partial charge in [0, 0.05) is 11.6 Å². The minimum atomic E-state index is -0.209. The number of fused-ring (bicyclic) bond motifs is 1. The Morgan fingerprint density at radius 3 is 3.00 bits per heavy atom. The molecule has 3 heteroatoms. The van der Waals surface area contributed by atoms with E-state index in [9.17, 15) is 0 Å². The summed E-state index contributed by atoms with van der Waals surface area (Å²) in [5.74, 6) is 0. The highest BCUT2D eigenvalue weighted by atomic mass is 35.5. The Kier molecular flexibility index (Phi) is 3.19. The van der Waals surface area contributed by atoms with E-state index in [1.165, 1.54) is 0 Å². The molecule has 1 atom stereocenters. The molecule has 0 amide bonds. The van der Waals surface area contributed by atoms with Gasteiger partial charge in [0.2, 0.25) is 0 Å². The summed E-state index contributed by atoms with van der Waals surface area (Å²) < 4.78 is 0. The first-order chi connectivity index (χ1) is 7.29. The minimum Gasteiger partial charge on any atom is -0.395 e. The van der Waals surface area contributed by atoms with Crippen LogP contribution in [0, 0.1) is 0 Å². The average molecular weight is 222 g/mol. The molecule has 0 radical (unpaired) electrons. The van der Waals surface area contributed by atoms with E-state index < -0.39 is 0 Å². The molecule has 0 bridgehead atoms. The monoisotopic (exact) mass is 221 g/mol. The van der Waals surface area contributed by atoms with E-state index in [1.807, 2.05) is 24.3 Å². The number of rotatable bonds is 3. The van der Waals surface area contributed by atoms with Gasteiger partial charge in [-0.2, -0.15) is 0 Å². The van der Waals surface area contributed by atoms with Gasteiger partial charge in [-0.1, -0.05) is 12.1 Å². The van der Waals surface area contributed by atoms with Crippen LogP contribution in [-0.2, 0) is 6.42 Å².